The number of methoxy groups -OCH3 is 1. The summed E-state index contributed by atoms with van der Waals surface area (Å²) in [5.41, 5.74) is 0.988. The number of benzene rings is 1. The number of hydrogen-bond acceptors (Lipinski definition) is 4. The van der Waals surface area contributed by atoms with Gasteiger partial charge in [0, 0.05) is 31.7 Å². The third-order valence-corrected chi connectivity index (χ3v) is 3.97. The Bertz CT molecular complexity index is 601. The van der Waals surface area contributed by atoms with Crippen LogP contribution in [0.15, 0.2) is 30.3 Å². The van der Waals surface area contributed by atoms with Crippen LogP contribution in [0, 0.1) is 0 Å². The minimum absolute atomic E-state index is 0.0850. The summed E-state index contributed by atoms with van der Waals surface area (Å²) in [6.45, 7) is 4.38. The first-order valence-electron chi connectivity index (χ1n) is 8.23. The smallest absolute Gasteiger partial charge is 0.237 e. The first kappa shape index (κ1) is 18.0. The molecule has 1 aromatic rings. The van der Waals surface area contributed by atoms with Gasteiger partial charge in [-0.05, 0) is 13.0 Å². The largest absolute Gasteiger partial charge is 0.496 e. The fraction of sp³-hybridized carbons (Fsp3) is 0.444. The second-order valence-electron chi connectivity index (χ2n) is 5.60. The molecule has 0 aliphatic carbocycles. The summed E-state index contributed by atoms with van der Waals surface area (Å²) < 4.78 is 5.32. The van der Waals surface area contributed by atoms with Crippen molar-refractivity contribution in [2.24, 2.45) is 0 Å². The lowest BCUT2D eigenvalue weighted by atomic mass is 10.1. The van der Waals surface area contributed by atoms with E-state index < -0.39 is 6.04 Å². The van der Waals surface area contributed by atoms with Crippen molar-refractivity contribution in [1.82, 2.24) is 15.5 Å². The molecule has 1 heterocycles. The van der Waals surface area contributed by atoms with Crippen LogP contribution < -0.4 is 15.4 Å². The Labute approximate surface area is 142 Å². The fourth-order valence-electron chi connectivity index (χ4n) is 2.77. The van der Waals surface area contributed by atoms with Crippen LogP contribution in [0.2, 0.25) is 0 Å². The van der Waals surface area contributed by atoms with Gasteiger partial charge in [-0.2, -0.15) is 0 Å². The van der Waals surface area contributed by atoms with Crippen molar-refractivity contribution in [2.45, 2.75) is 19.4 Å². The quantitative estimate of drug-likeness (QED) is 0.783. The second kappa shape index (κ2) is 9.08. The predicted molar refractivity (Wildman–Crippen MR) is 93.7 cm³/mol. The minimum Gasteiger partial charge on any atom is -0.496 e. The monoisotopic (exact) mass is 331 g/mol. The number of rotatable bonds is 7. The van der Waals surface area contributed by atoms with E-state index in [0.29, 0.717) is 19.6 Å². The van der Waals surface area contributed by atoms with Gasteiger partial charge in [-0.3, -0.25) is 14.5 Å². The molecular weight excluding hydrogens is 306 g/mol. The van der Waals surface area contributed by atoms with Gasteiger partial charge in [0.2, 0.25) is 11.8 Å². The number of amides is 2. The molecule has 6 nitrogen and oxygen atoms in total. The highest BCUT2D eigenvalue weighted by molar-refractivity contribution is 5.88. The molecule has 1 unspecified atom stereocenters. The van der Waals surface area contributed by atoms with E-state index in [-0.39, 0.29) is 18.2 Å². The van der Waals surface area contributed by atoms with Crippen LogP contribution >= 0.6 is 0 Å². The highest BCUT2D eigenvalue weighted by Crippen LogP contribution is 2.19. The molecule has 1 aliphatic heterocycles. The van der Waals surface area contributed by atoms with Gasteiger partial charge in [0.1, 0.15) is 5.75 Å². The van der Waals surface area contributed by atoms with Crippen molar-refractivity contribution >= 4 is 17.9 Å². The summed E-state index contributed by atoms with van der Waals surface area (Å²) in [6.07, 6.45) is 4.16. The van der Waals surface area contributed by atoms with Crippen LogP contribution in [-0.4, -0.2) is 56.0 Å². The number of hydrogen-bond donors (Lipinski definition) is 2. The first-order chi connectivity index (χ1) is 11.7. The number of carbonyl (C=O) groups excluding carboxylic acids is 2. The number of nitrogens with zero attached hydrogens (tertiary/aromatic N) is 1. The van der Waals surface area contributed by atoms with Crippen LogP contribution in [0.4, 0.5) is 0 Å². The molecule has 2 amide bonds. The van der Waals surface area contributed by atoms with Crippen molar-refractivity contribution in [3.05, 3.63) is 35.9 Å². The van der Waals surface area contributed by atoms with E-state index in [1.807, 2.05) is 48.2 Å². The molecule has 0 aromatic heterocycles. The van der Waals surface area contributed by atoms with E-state index in [0.717, 1.165) is 17.9 Å². The molecule has 1 fully saturated rings. The zero-order chi connectivity index (χ0) is 17.4. The molecule has 1 saturated heterocycles. The zero-order valence-corrected chi connectivity index (χ0v) is 14.2. The van der Waals surface area contributed by atoms with E-state index in [4.69, 9.17) is 4.74 Å². The average Bonchev–Trinajstić information content (AvgIpc) is 2.58. The Morgan fingerprint density at radius 2 is 2.25 bits per heavy atom. The maximum absolute atomic E-state index is 12.1. The van der Waals surface area contributed by atoms with E-state index in [2.05, 4.69) is 10.6 Å². The number of ether oxygens (including phenoxy) is 1. The number of carbonyl (C=O) groups is 2. The van der Waals surface area contributed by atoms with E-state index >= 15 is 0 Å². The van der Waals surface area contributed by atoms with Gasteiger partial charge in [0.05, 0.1) is 19.6 Å². The van der Waals surface area contributed by atoms with Gasteiger partial charge in [-0.15, -0.1) is 0 Å². The van der Waals surface area contributed by atoms with Gasteiger partial charge in [0.25, 0.3) is 0 Å². The molecular formula is C18H25N3O3. The number of piperazine rings is 1. The topological polar surface area (TPSA) is 70.7 Å². The highest BCUT2D eigenvalue weighted by atomic mass is 16.5. The van der Waals surface area contributed by atoms with Crippen LogP contribution in [0.3, 0.4) is 0 Å². The highest BCUT2D eigenvalue weighted by Gasteiger charge is 2.30. The minimum atomic E-state index is -0.424. The van der Waals surface area contributed by atoms with Crippen LogP contribution in [-0.2, 0) is 9.59 Å². The molecule has 24 heavy (non-hydrogen) atoms. The average molecular weight is 331 g/mol. The van der Waals surface area contributed by atoms with Gasteiger partial charge in [0.15, 0.2) is 0 Å². The Kier molecular flexibility index (Phi) is 6.81. The van der Waals surface area contributed by atoms with Crippen LogP contribution in [0.5, 0.6) is 5.75 Å². The standard InChI is InChI=1S/C18H25N3O3/c1-3-19-17(22)13-15-18(23)20-10-12-21(15)11-6-8-14-7-4-5-9-16(14)24-2/h4-9,15H,3,10-13H2,1-2H3,(H,19,22)(H,20,23). The number of para-hydroxylation sites is 1. The lowest BCUT2D eigenvalue weighted by molar-refractivity contribution is -0.133. The SMILES string of the molecule is CCNC(=O)CC1C(=O)NCCN1CC=Cc1ccccc1OC. The molecule has 130 valence electrons. The molecule has 0 bridgehead atoms. The van der Waals surface area contributed by atoms with Crippen LogP contribution in [0.1, 0.15) is 18.9 Å². The van der Waals surface area contributed by atoms with E-state index in [9.17, 15) is 9.59 Å². The Morgan fingerprint density at radius 1 is 1.46 bits per heavy atom. The summed E-state index contributed by atoms with van der Waals surface area (Å²) in [6, 6.07) is 7.34. The molecule has 0 saturated carbocycles. The molecule has 2 rings (SSSR count). The van der Waals surface area contributed by atoms with Gasteiger partial charge >= 0.3 is 0 Å². The van der Waals surface area contributed by atoms with Crippen molar-refractivity contribution in [3.8, 4) is 5.75 Å². The normalized spacial score (nSPS) is 18.4. The lowest BCUT2D eigenvalue weighted by Crippen LogP contribution is -2.56. The zero-order valence-electron chi connectivity index (χ0n) is 14.2. The summed E-state index contributed by atoms with van der Waals surface area (Å²) >= 11 is 0. The van der Waals surface area contributed by atoms with Gasteiger partial charge in [-0.1, -0.05) is 30.4 Å². The van der Waals surface area contributed by atoms with Crippen molar-refractivity contribution < 1.29 is 14.3 Å². The summed E-state index contributed by atoms with van der Waals surface area (Å²) in [4.78, 5) is 26.0. The molecule has 2 N–H and O–H groups in total. The van der Waals surface area contributed by atoms with Crippen LogP contribution in [0.25, 0.3) is 6.08 Å². The second-order valence-corrected chi connectivity index (χ2v) is 5.60. The summed E-state index contributed by atoms with van der Waals surface area (Å²) in [5, 5.41) is 5.58. The van der Waals surface area contributed by atoms with E-state index in [1.54, 1.807) is 7.11 Å². The summed E-state index contributed by atoms with van der Waals surface area (Å²) in [7, 11) is 1.64. The Hall–Kier alpha value is -2.34. The maximum Gasteiger partial charge on any atom is 0.237 e. The molecule has 1 aromatic carbocycles. The third-order valence-electron chi connectivity index (χ3n) is 3.97. The van der Waals surface area contributed by atoms with Crippen molar-refractivity contribution in [3.63, 3.8) is 0 Å². The maximum atomic E-state index is 12.1. The molecule has 1 aliphatic rings. The number of nitrogens with one attached hydrogen (secondary N) is 2. The van der Waals surface area contributed by atoms with E-state index in [1.165, 1.54) is 0 Å². The summed E-state index contributed by atoms with van der Waals surface area (Å²) in [5.74, 6) is 0.625. The Morgan fingerprint density at radius 3 is 3.00 bits per heavy atom. The van der Waals surface area contributed by atoms with Gasteiger partial charge < -0.3 is 15.4 Å². The molecule has 0 radical (unpaired) electrons. The van der Waals surface area contributed by atoms with Crippen molar-refractivity contribution in [2.75, 3.05) is 33.3 Å². The van der Waals surface area contributed by atoms with Gasteiger partial charge in [-0.25, -0.2) is 0 Å². The Balaban J connectivity index is 2.01. The third kappa shape index (κ3) is 4.83. The molecule has 1 atom stereocenters. The predicted octanol–water partition coefficient (Wildman–Crippen LogP) is 1.04. The molecule has 0 spiro atoms. The first-order valence-corrected chi connectivity index (χ1v) is 8.23. The molecule has 6 heteroatoms. The van der Waals surface area contributed by atoms with Crippen molar-refractivity contribution in [1.29, 1.82) is 0 Å². The fourth-order valence-corrected chi connectivity index (χ4v) is 2.77. The lowest BCUT2D eigenvalue weighted by Gasteiger charge is -2.33.